The molecule has 1 amide bonds. The molecule has 0 spiro atoms. The van der Waals surface area contributed by atoms with Gasteiger partial charge in [0.15, 0.2) is 0 Å². The van der Waals surface area contributed by atoms with Crippen LogP contribution < -0.4 is 0 Å². The van der Waals surface area contributed by atoms with Crippen LogP contribution in [-0.4, -0.2) is 54.1 Å². The Morgan fingerprint density at radius 1 is 1.21 bits per heavy atom. The van der Waals surface area contributed by atoms with E-state index in [1.165, 1.54) is 12.1 Å². The van der Waals surface area contributed by atoms with Crippen molar-refractivity contribution in [2.24, 2.45) is 5.92 Å². The fourth-order valence-electron chi connectivity index (χ4n) is 3.80. The van der Waals surface area contributed by atoms with Gasteiger partial charge in [-0.15, -0.1) is 0 Å². The number of likely N-dealkylation sites (tertiary alicyclic amines) is 1. The van der Waals surface area contributed by atoms with Crippen molar-refractivity contribution >= 4 is 5.91 Å². The number of benzene rings is 1. The van der Waals surface area contributed by atoms with Crippen LogP contribution in [0.1, 0.15) is 32.3 Å². The van der Waals surface area contributed by atoms with E-state index >= 15 is 0 Å². The zero-order chi connectivity index (χ0) is 17.1. The van der Waals surface area contributed by atoms with Crippen LogP contribution in [0, 0.1) is 11.7 Å². The van der Waals surface area contributed by atoms with Crippen LogP contribution in [0.15, 0.2) is 24.3 Å². The number of rotatable bonds is 4. The Balaban J connectivity index is 1.51. The van der Waals surface area contributed by atoms with Crippen molar-refractivity contribution in [2.75, 3.05) is 26.2 Å². The van der Waals surface area contributed by atoms with E-state index in [2.05, 4.69) is 4.90 Å². The Morgan fingerprint density at radius 3 is 2.50 bits per heavy atom. The second kappa shape index (κ2) is 7.62. The number of amides is 1. The Labute approximate surface area is 143 Å². The number of piperidine rings is 1. The largest absolute Gasteiger partial charge is 0.363 e. The van der Waals surface area contributed by atoms with Crippen molar-refractivity contribution in [3.63, 3.8) is 0 Å². The topological polar surface area (TPSA) is 32.8 Å². The molecule has 2 fully saturated rings. The maximum atomic E-state index is 13.0. The highest BCUT2D eigenvalue weighted by Gasteiger charge is 2.36. The number of likely N-dealkylation sites (N-methyl/N-ethyl adjacent to an activating group) is 1. The highest BCUT2D eigenvalue weighted by Crippen LogP contribution is 2.28. The predicted molar refractivity (Wildman–Crippen MR) is 91.0 cm³/mol. The quantitative estimate of drug-likeness (QED) is 0.849. The van der Waals surface area contributed by atoms with Crippen LogP contribution in [0.2, 0.25) is 0 Å². The van der Waals surface area contributed by atoms with Crippen LogP contribution in [0.25, 0.3) is 0 Å². The van der Waals surface area contributed by atoms with Crippen molar-refractivity contribution in [1.82, 2.24) is 9.80 Å². The first-order valence-electron chi connectivity index (χ1n) is 8.98. The lowest BCUT2D eigenvalue weighted by Gasteiger charge is -2.42. The van der Waals surface area contributed by atoms with Gasteiger partial charge in [-0.2, -0.15) is 0 Å². The first-order chi connectivity index (χ1) is 11.6. The van der Waals surface area contributed by atoms with E-state index in [4.69, 9.17) is 4.74 Å². The van der Waals surface area contributed by atoms with Crippen LogP contribution in [0.4, 0.5) is 4.39 Å². The van der Waals surface area contributed by atoms with Crippen molar-refractivity contribution in [1.29, 1.82) is 0 Å². The summed E-state index contributed by atoms with van der Waals surface area (Å²) in [5, 5.41) is 0. The van der Waals surface area contributed by atoms with E-state index in [1.54, 1.807) is 0 Å². The van der Waals surface area contributed by atoms with Gasteiger partial charge in [-0.05, 0) is 63.4 Å². The van der Waals surface area contributed by atoms with Gasteiger partial charge in [-0.1, -0.05) is 12.1 Å². The van der Waals surface area contributed by atoms with Crippen LogP contribution >= 0.6 is 0 Å². The van der Waals surface area contributed by atoms with E-state index < -0.39 is 0 Å². The lowest BCUT2D eigenvalue weighted by Crippen LogP contribution is -2.54. The van der Waals surface area contributed by atoms with Gasteiger partial charge in [0.1, 0.15) is 11.9 Å². The minimum atomic E-state index is -0.319. The number of carbonyl (C=O) groups is 1. The maximum absolute atomic E-state index is 13.0. The molecule has 2 saturated heterocycles. The van der Waals surface area contributed by atoms with Gasteiger partial charge in [0, 0.05) is 19.6 Å². The van der Waals surface area contributed by atoms with Gasteiger partial charge >= 0.3 is 0 Å². The zero-order valence-electron chi connectivity index (χ0n) is 14.6. The molecule has 2 atom stereocenters. The number of halogens is 1. The molecule has 24 heavy (non-hydrogen) atoms. The minimum absolute atomic E-state index is 0.113. The molecule has 2 aliphatic rings. The van der Waals surface area contributed by atoms with Crippen LogP contribution in [0.3, 0.4) is 0 Å². The summed E-state index contributed by atoms with van der Waals surface area (Å²) < 4.78 is 19.0. The molecule has 2 heterocycles. The molecule has 1 aromatic carbocycles. The third-order valence-electron chi connectivity index (χ3n) is 5.30. The summed E-state index contributed by atoms with van der Waals surface area (Å²) in [6.07, 6.45) is 2.01. The van der Waals surface area contributed by atoms with Gasteiger partial charge in [0.05, 0.1) is 6.10 Å². The van der Waals surface area contributed by atoms with E-state index in [1.807, 2.05) is 30.9 Å². The lowest BCUT2D eigenvalue weighted by atomic mass is 9.89. The Bertz CT molecular complexity index is 555. The second-order valence-corrected chi connectivity index (χ2v) is 6.93. The smallest absolute Gasteiger partial charge is 0.251 e. The number of hydrogen-bond donors (Lipinski definition) is 0. The first-order valence-corrected chi connectivity index (χ1v) is 8.98. The summed E-state index contributed by atoms with van der Waals surface area (Å²) in [7, 11) is 0. The molecular formula is C19H27FN2O2. The molecule has 4 nitrogen and oxygen atoms in total. The molecule has 0 aromatic heterocycles. The molecule has 1 aromatic rings. The standard InChI is InChI=1S/C19H27FN2O2/c1-3-22-13-18(24-14(2)19(22)23)16-8-10-21(11-9-16)12-15-4-6-17(20)7-5-15/h4-7,14,16,18H,3,8-13H2,1-2H3/t14-,18?/m1/s1. The highest BCUT2D eigenvalue weighted by molar-refractivity contribution is 5.81. The zero-order valence-corrected chi connectivity index (χ0v) is 14.6. The molecular weight excluding hydrogens is 307 g/mol. The third-order valence-corrected chi connectivity index (χ3v) is 5.30. The van der Waals surface area contributed by atoms with Crippen LogP contribution in [0.5, 0.6) is 0 Å². The summed E-state index contributed by atoms with van der Waals surface area (Å²) in [5.41, 5.74) is 1.15. The van der Waals surface area contributed by atoms with Gasteiger partial charge in [-0.3, -0.25) is 9.69 Å². The third kappa shape index (κ3) is 3.95. The Morgan fingerprint density at radius 2 is 1.88 bits per heavy atom. The van der Waals surface area contributed by atoms with Gasteiger partial charge in [-0.25, -0.2) is 4.39 Å². The average Bonchev–Trinajstić information content (AvgIpc) is 2.60. The van der Waals surface area contributed by atoms with Crippen molar-refractivity contribution < 1.29 is 13.9 Å². The van der Waals surface area contributed by atoms with Crippen LogP contribution in [-0.2, 0) is 16.1 Å². The highest BCUT2D eigenvalue weighted by atomic mass is 19.1. The van der Waals surface area contributed by atoms with Gasteiger partial charge < -0.3 is 9.64 Å². The minimum Gasteiger partial charge on any atom is -0.363 e. The average molecular weight is 334 g/mol. The Kier molecular flexibility index (Phi) is 5.51. The van der Waals surface area contributed by atoms with E-state index in [0.29, 0.717) is 5.92 Å². The molecule has 5 heteroatoms. The number of hydrogen-bond acceptors (Lipinski definition) is 3. The summed E-state index contributed by atoms with van der Waals surface area (Å²) >= 11 is 0. The molecule has 3 rings (SSSR count). The molecule has 0 bridgehead atoms. The molecule has 2 aliphatic heterocycles. The van der Waals surface area contributed by atoms with E-state index in [-0.39, 0.29) is 23.9 Å². The summed E-state index contributed by atoms with van der Waals surface area (Å²) in [4.78, 5) is 16.4. The summed E-state index contributed by atoms with van der Waals surface area (Å²) in [6, 6.07) is 6.77. The van der Waals surface area contributed by atoms with E-state index in [0.717, 1.165) is 51.1 Å². The fourth-order valence-corrected chi connectivity index (χ4v) is 3.80. The molecule has 132 valence electrons. The SMILES string of the molecule is CCN1CC(C2CCN(Cc3ccc(F)cc3)CC2)O[C@H](C)C1=O. The van der Waals surface area contributed by atoms with Gasteiger partial charge in [0.2, 0.25) is 0 Å². The molecule has 0 N–H and O–H groups in total. The monoisotopic (exact) mass is 334 g/mol. The number of carbonyl (C=O) groups excluding carboxylic acids is 1. The number of morpholine rings is 1. The molecule has 0 aliphatic carbocycles. The second-order valence-electron chi connectivity index (χ2n) is 6.93. The van der Waals surface area contributed by atoms with Crippen molar-refractivity contribution in [3.8, 4) is 0 Å². The molecule has 0 saturated carbocycles. The fraction of sp³-hybridized carbons (Fsp3) is 0.632. The number of nitrogens with zero attached hydrogens (tertiary/aromatic N) is 2. The first kappa shape index (κ1) is 17.4. The molecule has 1 unspecified atom stereocenters. The van der Waals surface area contributed by atoms with Gasteiger partial charge in [0.25, 0.3) is 5.91 Å². The Hall–Kier alpha value is -1.46. The maximum Gasteiger partial charge on any atom is 0.251 e. The summed E-state index contributed by atoms with van der Waals surface area (Å²) in [5.74, 6) is 0.442. The summed E-state index contributed by atoms with van der Waals surface area (Å²) in [6.45, 7) is 8.29. The van der Waals surface area contributed by atoms with Crippen molar-refractivity contribution in [2.45, 2.75) is 45.4 Å². The molecule has 0 radical (unpaired) electrons. The lowest BCUT2D eigenvalue weighted by molar-refractivity contribution is -0.166. The van der Waals surface area contributed by atoms with Crippen molar-refractivity contribution in [3.05, 3.63) is 35.6 Å². The predicted octanol–water partition coefficient (Wildman–Crippen LogP) is 2.67. The number of ether oxygens (including phenoxy) is 1. The van der Waals surface area contributed by atoms with E-state index in [9.17, 15) is 9.18 Å². The normalized spacial score (nSPS) is 26.8.